The van der Waals surface area contributed by atoms with Crippen LogP contribution in [0.2, 0.25) is 10.0 Å². The van der Waals surface area contributed by atoms with Crippen LogP contribution >= 0.6 is 23.2 Å². The molecule has 3 aromatic carbocycles. The summed E-state index contributed by atoms with van der Waals surface area (Å²) in [6, 6.07) is 14.3. The maximum Gasteiger partial charge on any atom is 0.258 e. The second kappa shape index (κ2) is 7.91. The van der Waals surface area contributed by atoms with Gasteiger partial charge in [-0.25, -0.2) is 4.39 Å². The first-order valence-electron chi connectivity index (χ1n) is 8.80. The standard InChI is InChI=1S/C21H16Cl2FN3O2/c22-18-10-14(26-25)11-19(23)20(18)29-16-5-6-17-12(9-16)7-8-27(21(17)28)15-3-1-13(24)2-4-15/h1-6,9-11,26H,7-8,25H2. The fourth-order valence-electron chi connectivity index (χ4n) is 3.25. The minimum absolute atomic E-state index is 0.140. The Hall–Kier alpha value is -2.80. The molecule has 8 heteroatoms. The Morgan fingerprint density at radius 1 is 1.03 bits per heavy atom. The van der Waals surface area contributed by atoms with E-state index in [1.807, 2.05) is 0 Å². The molecule has 5 nitrogen and oxygen atoms in total. The van der Waals surface area contributed by atoms with Crippen LogP contribution < -0.4 is 20.9 Å². The van der Waals surface area contributed by atoms with E-state index < -0.39 is 0 Å². The van der Waals surface area contributed by atoms with E-state index in [2.05, 4.69) is 5.43 Å². The largest absolute Gasteiger partial charge is 0.454 e. The first-order valence-corrected chi connectivity index (χ1v) is 9.56. The van der Waals surface area contributed by atoms with Crippen LogP contribution in [-0.2, 0) is 6.42 Å². The molecule has 0 saturated heterocycles. The number of amides is 1. The number of hydrogen-bond acceptors (Lipinski definition) is 4. The van der Waals surface area contributed by atoms with Crippen LogP contribution in [0.5, 0.6) is 11.5 Å². The summed E-state index contributed by atoms with van der Waals surface area (Å²) in [5, 5.41) is 0.614. The molecule has 3 N–H and O–H groups in total. The predicted octanol–water partition coefficient (Wildman–Crippen LogP) is 5.41. The molecule has 0 spiro atoms. The predicted molar refractivity (Wildman–Crippen MR) is 113 cm³/mol. The Morgan fingerprint density at radius 2 is 1.72 bits per heavy atom. The van der Waals surface area contributed by atoms with Crippen molar-refractivity contribution < 1.29 is 13.9 Å². The van der Waals surface area contributed by atoms with Crippen LogP contribution in [0.1, 0.15) is 15.9 Å². The lowest BCUT2D eigenvalue weighted by Crippen LogP contribution is -2.37. The normalized spacial score (nSPS) is 13.2. The van der Waals surface area contributed by atoms with E-state index >= 15 is 0 Å². The number of carbonyl (C=O) groups is 1. The zero-order valence-corrected chi connectivity index (χ0v) is 16.6. The van der Waals surface area contributed by atoms with Gasteiger partial charge in [0.2, 0.25) is 0 Å². The number of ether oxygens (including phenoxy) is 1. The third-order valence-electron chi connectivity index (χ3n) is 4.68. The van der Waals surface area contributed by atoms with Crippen molar-refractivity contribution in [1.29, 1.82) is 0 Å². The van der Waals surface area contributed by atoms with Gasteiger partial charge in [-0.1, -0.05) is 23.2 Å². The summed E-state index contributed by atoms with van der Waals surface area (Å²) in [5.74, 6) is 5.72. The number of nitrogen functional groups attached to an aromatic ring is 1. The van der Waals surface area contributed by atoms with Gasteiger partial charge < -0.3 is 15.1 Å². The third-order valence-corrected chi connectivity index (χ3v) is 5.24. The van der Waals surface area contributed by atoms with E-state index in [-0.39, 0.29) is 11.7 Å². The summed E-state index contributed by atoms with van der Waals surface area (Å²) < 4.78 is 19.0. The molecule has 4 rings (SSSR count). The molecule has 0 aliphatic carbocycles. The topological polar surface area (TPSA) is 67.6 Å². The Balaban J connectivity index is 1.59. The van der Waals surface area contributed by atoms with Crippen molar-refractivity contribution in [3.8, 4) is 11.5 Å². The molecule has 0 aromatic heterocycles. The monoisotopic (exact) mass is 431 g/mol. The van der Waals surface area contributed by atoms with Gasteiger partial charge in [-0.2, -0.15) is 0 Å². The summed E-state index contributed by atoms with van der Waals surface area (Å²) in [7, 11) is 0. The van der Waals surface area contributed by atoms with Crippen molar-refractivity contribution in [3.63, 3.8) is 0 Å². The number of hydrogen-bond donors (Lipinski definition) is 2. The number of halogens is 3. The maximum absolute atomic E-state index is 13.2. The highest BCUT2D eigenvalue weighted by Crippen LogP contribution is 2.39. The number of nitrogens with two attached hydrogens (primary N) is 1. The molecule has 0 radical (unpaired) electrons. The number of carbonyl (C=O) groups excluding carboxylic acids is 1. The van der Waals surface area contributed by atoms with E-state index in [1.54, 1.807) is 47.4 Å². The van der Waals surface area contributed by atoms with Crippen LogP contribution in [0.15, 0.2) is 54.6 Å². The van der Waals surface area contributed by atoms with Gasteiger partial charge in [0.1, 0.15) is 11.6 Å². The van der Waals surface area contributed by atoms with Gasteiger partial charge in [-0.05, 0) is 66.6 Å². The SMILES string of the molecule is NNc1cc(Cl)c(Oc2ccc3c(c2)CCN(c2ccc(F)cc2)C3=O)c(Cl)c1. The maximum atomic E-state index is 13.2. The quantitative estimate of drug-likeness (QED) is 0.427. The van der Waals surface area contributed by atoms with Gasteiger partial charge in [-0.3, -0.25) is 10.6 Å². The lowest BCUT2D eigenvalue weighted by atomic mass is 9.98. The average molecular weight is 432 g/mol. The van der Waals surface area contributed by atoms with Gasteiger partial charge in [0.05, 0.1) is 15.7 Å². The Labute approximate surface area is 176 Å². The molecule has 0 saturated carbocycles. The highest BCUT2D eigenvalue weighted by Gasteiger charge is 2.26. The van der Waals surface area contributed by atoms with Crippen molar-refractivity contribution in [2.45, 2.75) is 6.42 Å². The highest BCUT2D eigenvalue weighted by molar-refractivity contribution is 6.37. The van der Waals surface area contributed by atoms with Crippen molar-refractivity contribution in [1.82, 2.24) is 0 Å². The van der Waals surface area contributed by atoms with Crippen LogP contribution in [0.25, 0.3) is 0 Å². The van der Waals surface area contributed by atoms with E-state index in [1.165, 1.54) is 12.1 Å². The molecule has 0 fully saturated rings. The average Bonchev–Trinajstić information content (AvgIpc) is 2.71. The van der Waals surface area contributed by atoms with Crippen LogP contribution in [-0.4, -0.2) is 12.5 Å². The van der Waals surface area contributed by atoms with Crippen molar-refractivity contribution in [2.24, 2.45) is 5.84 Å². The number of anilines is 2. The number of nitrogens with zero attached hydrogens (tertiary/aromatic N) is 1. The second-order valence-electron chi connectivity index (χ2n) is 6.52. The first kappa shape index (κ1) is 19.5. The molecule has 3 aromatic rings. The summed E-state index contributed by atoms with van der Waals surface area (Å²) in [4.78, 5) is 14.5. The molecule has 1 aliphatic rings. The molecule has 0 atom stereocenters. The summed E-state index contributed by atoms with van der Waals surface area (Å²) in [6.45, 7) is 0.485. The van der Waals surface area contributed by atoms with Crippen molar-refractivity contribution in [2.75, 3.05) is 16.9 Å². The van der Waals surface area contributed by atoms with Gasteiger partial charge in [0.15, 0.2) is 5.75 Å². The zero-order valence-electron chi connectivity index (χ0n) is 15.1. The van der Waals surface area contributed by atoms with Crippen LogP contribution in [0.4, 0.5) is 15.8 Å². The Kier molecular flexibility index (Phi) is 5.32. The molecule has 1 aliphatic heterocycles. The zero-order chi connectivity index (χ0) is 20.5. The van der Waals surface area contributed by atoms with Gasteiger partial charge in [0.25, 0.3) is 5.91 Å². The van der Waals surface area contributed by atoms with Gasteiger partial charge >= 0.3 is 0 Å². The minimum atomic E-state index is -0.340. The minimum Gasteiger partial charge on any atom is -0.454 e. The summed E-state index contributed by atoms with van der Waals surface area (Å²) in [5.41, 5.74) is 5.14. The number of nitrogens with one attached hydrogen (secondary N) is 1. The van der Waals surface area contributed by atoms with Crippen molar-refractivity contribution >= 4 is 40.5 Å². The lowest BCUT2D eigenvalue weighted by molar-refractivity contribution is 0.0980. The van der Waals surface area contributed by atoms with E-state index in [0.717, 1.165) is 5.56 Å². The molecule has 0 bridgehead atoms. The number of benzene rings is 3. The van der Waals surface area contributed by atoms with Gasteiger partial charge in [0, 0.05) is 17.8 Å². The number of fused-ring (bicyclic) bond motifs is 1. The summed E-state index contributed by atoms with van der Waals surface area (Å²) >= 11 is 12.5. The van der Waals surface area contributed by atoms with E-state index in [4.69, 9.17) is 33.8 Å². The highest BCUT2D eigenvalue weighted by atomic mass is 35.5. The first-order chi connectivity index (χ1) is 14.0. The van der Waals surface area contributed by atoms with Gasteiger partial charge in [-0.15, -0.1) is 0 Å². The fraction of sp³-hybridized carbons (Fsp3) is 0.0952. The molecule has 1 amide bonds. The number of rotatable bonds is 4. The second-order valence-corrected chi connectivity index (χ2v) is 7.33. The smallest absolute Gasteiger partial charge is 0.258 e. The molecule has 29 heavy (non-hydrogen) atoms. The lowest BCUT2D eigenvalue weighted by Gasteiger charge is -2.29. The Bertz CT molecular complexity index is 1070. The van der Waals surface area contributed by atoms with Crippen LogP contribution in [0.3, 0.4) is 0 Å². The molecule has 0 unspecified atom stereocenters. The van der Waals surface area contributed by atoms with E-state index in [9.17, 15) is 9.18 Å². The molecule has 1 heterocycles. The third kappa shape index (κ3) is 3.87. The molecular weight excluding hydrogens is 416 g/mol. The van der Waals surface area contributed by atoms with E-state index in [0.29, 0.717) is 51.4 Å². The number of hydrazine groups is 1. The van der Waals surface area contributed by atoms with Crippen molar-refractivity contribution in [3.05, 3.63) is 81.6 Å². The summed E-state index contributed by atoms with van der Waals surface area (Å²) in [6.07, 6.45) is 0.632. The molecule has 148 valence electrons. The van der Waals surface area contributed by atoms with Crippen LogP contribution in [0, 0.1) is 5.82 Å². The molecular formula is C21H16Cl2FN3O2. The Morgan fingerprint density at radius 3 is 2.38 bits per heavy atom. The fourth-order valence-corrected chi connectivity index (χ4v) is 3.82.